The number of hydrogen-bond donors (Lipinski definition) is 1. The molecule has 0 atom stereocenters. The average molecular weight is 486 g/mol. The molecule has 1 heterocycles. The molecule has 0 unspecified atom stereocenters. The highest BCUT2D eigenvalue weighted by atomic mass is 32.2. The van der Waals surface area contributed by atoms with Crippen LogP contribution in [0.4, 0.5) is 4.79 Å². The number of nitrogens with one attached hydrogen (secondary N) is 1. The van der Waals surface area contributed by atoms with Crippen LogP contribution in [-0.2, 0) is 21.3 Å². The van der Waals surface area contributed by atoms with Crippen LogP contribution in [0.3, 0.4) is 0 Å². The summed E-state index contributed by atoms with van der Waals surface area (Å²) in [6.45, 7) is 6.79. The van der Waals surface area contributed by atoms with Gasteiger partial charge >= 0.3 is 6.09 Å². The molecule has 0 aliphatic carbocycles. The van der Waals surface area contributed by atoms with Crippen LogP contribution in [0.1, 0.15) is 42.3 Å². The van der Waals surface area contributed by atoms with Crippen LogP contribution >= 0.6 is 0 Å². The van der Waals surface area contributed by atoms with Crippen LogP contribution in [0, 0.1) is 0 Å². The fraction of sp³-hybridized carbons (Fsp3) is 0.360. The van der Waals surface area contributed by atoms with E-state index in [4.69, 9.17) is 4.74 Å². The van der Waals surface area contributed by atoms with Crippen LogP contribution in [-0.4, -0.2) is 61.4 Å². The van der Waals surface area contributed by atoms with E-state index in [2.05, 4.69) is 5.32 Å². The Hall–Kier alpha value is -3.17. The fourth-order valence-corrected chi connectivity index (χ4v) is 4.57. The number of sulfonamides is 1. The molecule has 182 valence electrons. The molecular formula is C25H31N3O5S. The lowest BCUT2D eigenvalue weighted by Gasteiger charge is -2.33. The lowest BCUT2D eigenvalue weighted by atomic mass is 10.1. The zero-order valence-electron chi connectivity index (χ0n) is 19.7. The predicted molar refractivity (Wildman–Crippen MR) is 131 cm³/mol. The zero-order chi connectivity index (χ0) is 24.8. The van der Waals surface area contributed by atoms with Gasteiger partial charge < -0.3 is 15.0 Å². The molecule has 1 N–H and O–H groups in total. The Kier molecular flexibility index (Phi) is 8.11. The number of hydrogen-bond acceptors (Lipinski definition) is 5. The highest BCUT2D eigenvalue weighted by Crippen LogP contribution is 2.15. The van der Waals surface area contributed by atoms with E-state index in [1.165, 1.54) is 9.71 Å². The fourth-order valence-electron chi connectivity index (χ4n) is 3.40. The van der Waals surface area contributed by atoms with Crippen molar-refractivity contribution in [2.24, 2.45) is 0 Å². The summed E-state index contributed by atoms with van der Waals surface area (Å²) in [6.07, 6.45) is 1.07. The van der Waals surface area contributed by atoms with Gasteiger partial charge in [-0.2, -0.15) is 4.31 Å². The molecule has 9 heteroatoms. The first-order valence-corrected chi connectivity index (χ1v) is 12.6. The van der Waals surface area contributed by atoms with Gasteiger partial charge in [-0.25, -0.2) is 13.2 Å². The molecule has 1 aliphatic heterocycles. The summed E-state index contributed by atoms with van der Waals surface area (Å²) in [5.74, 6) is -0.150. The number of amides is 2. The Morgan fingerprint density at radius 3 is 2.18 bits per heavy atom. The summed E-state index contributed by atoms with van der Waals surface area (Å²) in [4.78, 5) is 26.3. The minimum atomic E-state index is -3.56. The highest BCUT2D eigenvalue weighted by molar-refractivity contribution is 7.92. The van der Waals surface area contributed by atoms with Gasteiger partial charge in [0.1, 0.15) is 5.60 Å². The van der Waals surface area contributed by atoms with Crippen molar-refractivity contribution in [1.82, 2.24) is 14.5 Å². The molecule has 1 aliphatic rings. The molecule has 2 amide bonds. The van der Waals surface area contributed by atoms with Crippen molar-refractivity contribution in [2.45, 2.75) is 32.9 Å². The van der Waals surface area contributed by atoms with Crippen molar-refractivity contribution < 1.29 is 22.7 Å². The van der Waals surface area contributed by atoms with Crippen molar-refractivity contribution in [1.29, 1.82) is 0 Å². The normalized spacial score (nSPS) is 15.3. The van der Waals surface area contributed by atoms with E-state index in [0.29, 0.717) is 18.7 Å². The van der Waals surface area contributed by atoms with Crippen molar-refractivity contribution >= 4 is 28.1 Å². The molecule has 2 aromatic carbocycles. The second kappa shape index (κ2) is 10.8. The molecule has 1 fully saturated rings. The number of carbonyl (C=O) groups is 2. The lowest BCUT2D eigenvalue weighted by Crippen LogP contribution is -2.50. The molecule has 0 spiro atoms. The molecule has 0 radical (unpaired) electrons. The summed E-state index contributed by atoms with van der Waals surface area (Å²) in [5.41, 5.74) is 1.59. The quantitative estimate of drug-likeness (QED) is 0.676. The lowest BCUT2D eigenvalue weighted by molar-refractivity contribution is 0.0523. The van der Waals surface area contributed by atoms with Crippen LogP contribution in [0.15, 0.2) is 60.0 Å². The molecule has 1 saturated heterocycles. The largest absolute Gasteiger partial charge is 0.444 e. The molecular weight excluding hydrogens is 454 g/mol. The van der Waals surface area contributed by atoms with Gasteiger partial charge in [0, 0.05) is 43.7 Å². The maximum absolute atomic E-state index is 12.9. The molecule has 0 aromatic heterocycles. The summed E-state index contributed by atoms with van der Waals surface area (Å²) in [6, 6.07) is 16.2. The maximum Gasteiger partial charge on any atom is 0.407 e. The van der Waals surface area contributed by atoms with E-state index < -0.39 is 21.7 Å². The minimum Gasteiger partial charge on any atom is -0.444 e. The van der Waals surface area contributed by atoms with Gasteiger partial charge in [-0.05, 0) is 50.1 Å². The second-order valence-electron chi connectivity index (χ2n) is 9.00. The van der Waals surface area contributed by atoms with Gasteiger partial charge in [-0.1, -0.05) is 42.5 Å². The Morgan fingerprint density at radius 1 is 0.971 bits per heavy atom. The number of carbonyl (C=O) groups excluding carboxylic acids is 2. The van der Waals surface area contributed by atoms with Crippen LogP contribution < -0.4 is 5.32 Å². The first-order valence-electron chi connectivity index (χ1n) is 11.1. The molecule has 3 rings (SSSR count). The average Bonchev–Trinajstić information content (AvgIpc) is 2.81. The van der Waals surface area contributed by atoms with E-state index in [0.717, 1.165) is 11.1 Å². The summed E-state index contributed by atoms with van der Waals surface area (Å²) in [7, 11) is -3.56. The Balaban J connectivity index is 1.51. The van der Waals surface area contributed by atoms with Gasteiger partial charge in [0.2, 0.25) is 10.0 Å². The topological polar surface area (TPSA) is 96.0 Å². The standard InChI is InChI=1S/C25H31N3O5S/c1-25(2,3)33-24(30)26-19-21-9-11-22(12-10-21)23(29)27-14-16-28(17-15-27)34(31,32)18-13-20-7-5-4-6-8-20/h4-13,18H,14-17,19H2,1-3H3,(H,26,30)/b18-13+. The number of rotatable bonds is 6. The zero-order valence-corrected chi connectivity index (χ0v) is 20.5. The molecule has 0 bridgehead atoms. The van der Waals surface area contributed by atoms with Crippen LogP contribution in [0.5, 0.6) is 0 Å². The van der Waals surface area contributed by atoms with E-state index in [1.54, 1.807) is 56.0 Å². The third kappa shape index (κ3) is 7.43. The number of alkyl carbamates (subject to hydrolysis) is 1. The van der Waals surface area contributed by atoms with Crippen molar-refractivity contribution in [3.05, 3.63) is 76.7 Å². The van der Waals surface area contributed by atoms with Gasteiger partial charge in [-0.3, -0.25) is 4.79 Å². The molecule has 0 saturated carbocycles. The monoisotopic (exact) mass is 485 g/mol. The van der Waals surface area contributed by atoms with E-state index in [9.17, 15) is 18.0 Å². The summed E-state index contributed by atoms with van der Waals surface area (Å²) >= 11 is 0. The van der Waals surface area contributed by atoms with Gasteiger partial charge in [0.05, 0.1) is 0 Å². The molecule has 34 heavy (non-hydrogen) atoms. The number of benzene rings is 2. The third-order valence-electron chi connectivity index (χ3n) is 5.15. The van der Waals surface area contributed by atoms with Gasteiger partial charge in [-0.15, -0.1) is 0 Å². The Morgan fingerprint density at radius 2 is 1.59 bits per heavy atom. The number of ether oxygens (including phenoxy) is 1. The summed E-state index contributed by atoms with van der Waals surface area (Å²) in [5, 5.41) is 3.89. The van der Waals surface area contributed by atoms with Crippen molar-refractivity contribution in [3.8, 4) is 0 Å². The van der Waals surface area contributed by atoms with Gasteiger partial charge in [0.15, 0.2) is 0 Å². The number of piperazine rings is 1. The first-order chi connectivity index (χ1) is 16.0. The Labute approximate surface area is 201 Å². The predicted octanol–water partition coefficient (Wildman–Crippen LogP) is 3.47. The van der Waals surface area contributed by atoms with Crippen LogP contribution in [0.2, 0.25) is 0 Å². The van der Waals surface area contributed by atoms with Crippen LogP contribution in [0.25, 0.3) is 6.08 Å². The second-order valence-corrected chi connectivity index (χ2v) is 10.8. The Bertz CT molecular complexity index is 1120. The SMILES string of the molecule is CC(C)(C)OC(=O)NCc1ccc(C(=O)N2CCN(S(=O)(=O)/C=C/c3ccccc3)CC2)cc1. The van der Waals surface area contributed by atoms with Crippen molar-refractivity contribution in [3.63, 3.8) is 0 Å². The summed E-state index contributed by atoms with van der Waals surface area (Å²) < 4.78 is 31.9. The van der Waals surface area contributed by atoms with Crippen molar-refractivity contribution in [2.75, 3.05) is 26.2 Å². The van der Waals surface area contributed by atoms with E-state index in [1.807, 2.05) is 30.3 Å². The van der Waals surface area contributed by atoms with E-state index in [-0.39, 0.29) is 25.5 Å². The molecule has 2 aromatic rings. The minimum absolute atomic E-state index is 0.150. The molecule has 8 nitrogen and oxygen atoms in total. The highest BCUT2D eigenvalue weighted by Gasteiger charge is 2.27. The number of nitrogens with zero attached hydrogens (tertiary/aromatic N) is 2. The third-order valence-corrected chi connectivity index (χ3v) is 6.72. The van der Waals surface area contributed by atoms with E-state index >= 15 is 0 Å². The smallest absolute Gasteiger partial charge is 0.407 e. The van der Waals surface area contributed by atoms with Gasteiger partial charge in [0.25, 0.3) is 5.91 Å². The maximum atomic E-state index is 12.9. The first kappa shape index (κ1) is 25.5.